The summed E-state index contributed by atoms with van der Waals surface area (Å²) in [7, 11) is 1.20. The number of aliphatic hydroxyl groups excluding tert-OH is 1. The van der Waals surface area contributed by atoms with Crippen LogP contribution in [0.5, 0.6) is 0 Å². The quantitative estimate of drug-likeness (QED) is 0.608. The highest BCUT2D eigenvalue weighted by molar-refractivity contribution is 14.2. The van der Waals surface area contributed by atoms with E-state index in [4.69, 9.17) is 14.3 Å². The minimum absolute atomic E-state index is 0.0858. The van der Waals surface area contributed by atoms with Crippen LogP contribution in [0.3, 0.4) is 0 Å². The summed E-state index contributed by atoms with van der Waals surface area (Å²) in [4.78, 5) is 0. The van der Waals surface area contributed by atoms with Crippen molar-refractivity contribution in [3.63, 3.8) is 0 Å². The first-order chi connectivity index (χ1) is 6.25. The molecule has 0 spiro atoms. The predicted octanol–water partition coefficient (Wildman–Crippen LogP) is 1.42. The first-order valence-electron chi connectivity index (χ1n) is 3.99. The number of hydrogen-bond donors (Lipinski definition) is 2. The van der Waals surface area contributed by atoms with E-state index in [-0.39, 0.29) is 12.5 Å². The van der Waals surface area contributed by atoms with Crippen molar-refractivity contribution in [2.24, 2.45) is 5.92 Å². The first-order valence-corrected chi connectivity index (χ1v) is 7.27. The van der Waals surface area contributed by atoms with Gasteiger partial charge in [-0.1, -0.05) is 0 Å². The van der Waals surface area contributed by atoms with Crippen LogP contribution >= 0.6 is 30.4 Å². The van der Waals surface area contributed by atoms with Gasteiger partial charge in [-0.15, -0.1) is 0 Å². The summed E-state index contributed by atoms with van der Waals surface area (Å²) in [6.45, 7) is 1.25. The summed E-state index contributed by atoms with van der Waals surface area (Å²) in [6, 6.07) is 0. The number of halogens is 1. The molecule has 0 aromatic rings. The largest absolute Gasteiger partial charge is 0.390 e. The van der Waals surface area contributed by atoms with Crippen LogP contribution < -0.4 is 0 Å². The maximum atomic E-state index is 9.64. The maximum Gasteiger partial charge on any atom is 0.0889 e. The number of ether oxygens (including phenoxy) is 1. The van der Waals surface area contributed by atoms with E-state index in [1.165, 1.54) is 9.21 Å². The second-order valence-corrected chi connectivity index (χ2v) is 4.33. The molecule has 0 radical (unpaired) electrons. The normalized spacial score (nSPS) is 26.0. The van der Waals surface area contributed by atoms with Crippen molar-refractivity contribution in [2.45, 2.75) is 12.5 Å². The molecule has 1 aliphatic rings. The SMILES string of the molecule is N=C1COCCC1C(O)COSI. The molecule has 13 heavy (non-hydrogen) atoms. The van der Waals surface area contributed by atoms with Crippen LogP contribution in [0, 0.1) is 11.3 Å². The fourth-order valence-electron chi connectivity index (χ4n) is 1.31. The second-order valence-electron chi connectivity index (χ2n) is 2.89. The fraction of sp³-hybridized carbons (Fsp3) is 0.857. The smallest absolute Gasteiger partial charge is 0.0889 e. The Morgan fingerprint density at radius 1 is 1.85 bits per heavy atom. The molecule has 2 N–H and O–H groups in total. The molecule has 0 saturated carbocycles. The molecule has 1 heterocycles. The van der Waals surface area contributed by atoms with Crippen LogP contribution in [0.15, 0.2) is 0 Å². The van der Waals surface area contributed by atoms with Crippen LogP contribution in [0.4, 0.5) is 0 Å². The number of aliphatic hydroxyl groups is 1. The highest BCUT2D eigenvalue weighted by atomic mass is 127. The molecule has 0 aromatic heterocycles. The van der Waals surface area contributed by atoms with E-state index in [1.54, 1.807) is 0 Å². The molecule has 1 fully saturated rings. The Hall–Kier alpha value is 0.630. The Bertz CT molecular complexity index is 181. The Balaban J connectivity index is 2.34. The maximum absolute atomic E-state index is 9.64. The van der Waals surface area contributed by atoms with Crippen molar-refractivity contribution >= 4 is 36.1 Å². The van der Waals surface area contributed by atoms with Gasteiger partial charge in [0.15, 0.2) is 0 Å². The zero-order valence-corrected chi connectivity index (χ0v) is 10.0. The lowest BCUT2D eigenvalue weighted by molar-refractivity contribution is 0.0511. The average Bonchev–Trinajstić information content (AvgIpc) is 2.15. The van der Waals surface area contributed by atoms with Gasteiger partial charge in [-0.05, 0) is 6.42 Å². The lowest BCUT2D eigenvalue weighted by Gasteiger charge is -2.26. The molecule has 2 atom stereocenters. The van der Waals surface area contributed by atoms with E-state index in [2.05, 4.69) is 0 Å². The number of nitrogens with one attached hydrogen (secondary N) is 1. The second kappa shape index (κ2) is 6.18. The zero-order valence-electron chi connectivity index (χ0n) is 7.03. The van der Waals surface area contributed by atoms with Gasteiger partial charge in [0.1, 0.15) is 0 Å². The molecule has 76 valence electrons. The van der Waals surface area contributed by atoms with Crippen LogP contribution in [-0.4, -0.2) is 36.7 Å². The topological polar surface area (TPSA) is 62.5 Å². The predicted molar refractivity (Wildman–Crippen MR) is 60.2 cm³/mol. The van der Waals surface area contributed by atoms with E-state index in [1.807, 2.05) is 21.2 Å². The summed E-state index contributed by atoms with van der Waals surface area (Å²) in [5.41, 5.74) is 0.473. The van der Waals surface area contributed by atoms with E-state index < -0.39 is 6.10 Å². The van der Waals surface area contributed by atoms with Gasteiger partial charge < -0.3 is 19.4 Å². The summed E-state index contributed by atoms with van der Waals surface area (Å²) in [5.74, 6) is -0.0858. The van der Waals surface area contributed by atoms with Gasteiger partial charge in [0.25, 0.3) is 0 Å². The lowest BCUT2D eigenvalue weighted by Crippen LogP contribution is -2.37. The van der Waals surface area contributed by atoms with Crippen LogP contribution in [-0.2, 0) is 8.92 Å². The third-order valence-corrected chi connectivity index (χ3v) is 3.01. The van der Waals surface area contributed by atoms with Gasteiger partial charge in [0.05, 0.1) is 28.5 Å². The minimum atomic E-state index is -0.571. The zero-order chi connectivity index (χ0) is 9.68. The third-order valence-electron chi connectivity index (χ3n) is 2.03. The molecule has 1 saturated heterocycles. The molecule has 1 aliphatic heterocycles. The molecule has 0 amide bonds. The third kappa shape index (κ3) is 3.70. The summed E-state index contributed by atoms with van der Waals surface area (Å²) >= 11 is 2.00. The molecular formula is C7H12INO3S. The van der Waals surface area contributed by atoms with E-state index in [0.29, 0.717) is 18.9 Å². The Morgan fingerprint density at radius 2 is 2.62 bits per heavy atom. The highest BCUT2D eigenvalue weighted by Crippen LogP contribution is 2.19. The number of hydrogen-bond acceptors (Lipinski definition) is 5. The van der Waals surface area contributed by atoms with Gasteiger partial charge in [-0.2, -0.15) is 0 Å². The van der Waals surface area contributed by atoms with E-state index in [9.17, 15) is 5.11 Å². The van der Waals surface area contributed by atoms with Gasteiger partial charge in [0.2, 0.25) is 0 Å². The van der Waals surface area contributed by atoms with Crippen molar-refractivity contribution in [2.75, 3.05) is 19.8 Å². The van der Waals surface area contributed by atoms with Gasteiger partial charge in [-0.25, -0.2) is 0 Å². The van der Waals surface area contributed by atoms with Crippen molar-refractivity contribution in [3.05, 3.63) is 0 Å². The van der Waals surface area contributed by atoms with Crippen molar-refractivity contribution < 1.29 is 14.0 Å². The first kappa shape index (κ1) is 11.7. The monoisotopic (exact) mass is 317 g/mol. The lowest BCUT2D eigenvalue weighted by atomic mass is 9.92. The van der Waals surface area contributed by atoms with Crippen molar-refractivity contribution in [3.8, 4) is 0 Å². The van der Waals surface area contributed by atoms with E-state index >= 15 is 0 Å². The van der Waals surface area contributed by atoms with Crippen molar-refractivity contribution in [1.82, 2.24) is 0 Å². The molecule has 0 aromatic carbocycles. The summed E-state index contributed by atoms with van der Waals surface area (Å²) in [6.07, 6.45) is 0.147. The van der Waals surface area contributed by atoms with Crippen LogP contribution in [0.25, 0.3) is 0 Å². The minimum Gasteiger partial charge on any atom is -0.390 e. The van der Waals surface area contributed by atoms with Crippen molar-refractivity contribution in [1.29, 1.82) is 5.41 Å². The van der Waals surface area contributed by atoms with E-state index in [0.717, 1.165) is 6.42 Å². The fourth-order valence-corrected chi connectivity index (χ4v) is 1.94. The van der Waals surface area contributed by atoms with Gasteiger partial charge >= 0.3 is 0 Å². The molecule has 2 unspecified atom stereocenters. The Labute approximate surface area is 93.7 Å². The number of rotatable bonds is 4. The standard InChI is InChI=1S/C7H12INO3S/c8-13-12-4-7(10)5-1-2-11-3-6(5)9/h5,7,9-10H,1-4H2. The highest BCUT2D eigenvalue weighted by Gasteiger charge is 2.26. The summed E-state index contributed by atoms with van der Waals surface area (Å²) in [5, 5.41) is 17.2. The van der Waals surface area contributed by atoms with Crippen LogP contribution in [0.1, 0.15) is 6.42 Å². The molecule has 4 nitrogen and oxygen atoms in total. The average molecular weight is 317 g/mol. The van der Waals surface area contributed by atoms with Gasteiger partial charge in [-0.3, -0.25) is 0 Å². The summed E-state index contributed by atoms with van der Waals surface area (Å²) < 4.78 is 10.1. The molecule has 0 aliphatic carbocycles. The molecule has 1 rings (SSSR count). The molecular weight excluding hydrogens is 305 g/mol. The molecule has 6 heteroatoms. The van der Waals surface area contributed by atoms with Crippen LogP contribution in [0.2, 0.25) is 0 Å². The van der Waals surface area contributed by atoms with Gasteiger partial charge in [0, 0.05) is 39.4 Å². The Morgan fingerprint density at radius 3 is 3.23 bits per heavy atom. The molecule has 0 bridgehead atoms. The Kier molecular flexibility index (Phi) is 5.56.